The SMILES string of the molecule is CC(C)OCCCCCCCCCCCCCNCC(=O)C(=O)CNC(=O)CCCCCCCCCCCOP(=O)(O)C(C)C. The van der Waals surface area contributed by atoms with Gasteiger partial charge in [-0.2, -0.15) is 0 Å². The predicted octanol–water partition coefficient (Wildman–Crippen LogP) is 8.06. The number of carbonyl (C=O) groups excluding carboxylic acids is 3. The summed E-state index contributed by atoms with van der Waals surface area (Å²) >= 11 is 0. The van der Waals surface area contributed by atoms with Crippen LogP contribution in [0.5, 0.6) is 0 Å². The Bertz CT molecular complexity index is 792. The van der Waals surface area contributed by atoms with Gasteiger partial charge in [-0.3, -0.25) is 18.9 Å². The van der Waals surface area contributed by atoms with E-state index in [1.165, 1.54) is 57.8 Å². The highest BCUT2D eigenvalue weighted by molar-refractivity contribution is 7.53. The Morgan fingerprint density at radius 3 is 1.51 bits per heavy atom. The Balaban J connectivity index is 3.46. The summed E-state index contributed by atoms with van der Waals surface area (Å²) < 4.78 is 22.4. The van der Waals surface area contributed by atoms with Crippen LogP contribution in [0.1, 0.15) is 163 Å². The van der Waals surface area contributed by atoms with Gasteiger partial charge in [0.1, 0.15) is 0 Å². The molecule has 0 aliphatic rings. The molecule has 0 aromatic carbocycles. The van der Waals surface area contributed by atoms with Gasteiger partial charge in [0.15, 0.2) is 0 Å². The highest BCUT2D eigenvalue weighted by atomic mass is 31.2. The van der Waals surface area contributed by atoms with E-state index in [0.717, 1.165) is 83.8 Å². The van der Waals surface area contributed by atoms with Crippen LogP contribution in [0.15, 0.2) is 0 Å². The van der Waals surface area contributed by atoms with E-state index >= 15 is 0 Å². The number of hydrogen-bond acceptors (Lipinski definition) is 7. The third-order valence-corrected chi connectivity index (χ3v) is 9.83. The maximum absolute atomic E-state index is 12.0. The lowest BCUT2D eigenvalue weighted by Gasteiger charge is -2.15. The van der Waals surface area contributed by atoms with Crippen LogP contribution in [0.2, 0.25) is 0 Å². The van der Waals surface area contributed by atoms with Crippen LogP contribution >= 0.6 is 7.60 Å². The molecule has 3 N–H and O–H groups in total. The smallest absolute Gasteiger partial charge is 0.330 e. The van der Waals surface area contributed by atoms with E-state index in [2.05, 4.69) is 24.5 Å². The average Bonchev–Trinajstić information content (AvgIpc) is 2.99. The molecular weight excluding hydrogens is 591 g/mol. The fraction of sp³-hybridized carbons (Fsp3) is 0.914. The van der Waals surface area contributed by atoms with Crippen LogP contribution in [0.3, 0.4) is 0 Å². The van der Waals surface area contributed by atoms with E-state index in [1.54, 1.807) is 13.8 Å². The fourth-order valence-corrected chi connectivity index (χ4v) is 5.59. The van der Waals surface area contributed by atoms with Gasteiger partial charge in [-0.1, -0.05) is 117 Å². The molecule has 0 aliphatic heterocycles. The minimum atomic E-state index is -3.44. The van der Waals surface area contributed by atoms with Crippen LogP contribution < -0.4 is 10.6 Å². The van der Waals surface area contributed by atoms with E-state index in [1.807, 2.05) is 0 Å². The molecule has 0 bridgehead atoms. The summed E-state index contributed by atoms with van der Waals surface area (Å²) in [6.45, 7) is 9.32. The molecule has 0 aromatic rings. The van der Waals surface area contributed by atoms with Gasteiger partial charge in [0, 0.05) is 13.0 Å². The monoisotopic (exact) mass is 660 g/mol. The van der Waals surface area contributed by atoms with Gasteiger partial charge in [0.25, 0.3) is 0 Å². The Morgan fingerprint density at radius 2 is 1.02 bits per heavy atom. The molecule has 1 unspecified atom stereocenters. The molecule has 10 heteroatoms. The second-order valence-electron chi connectivity index (χ2n) is 13.0. The van der Waals surface area contributed by atoms with Crippen molar-refractivity contribution in [2.24, 2.45) is 0 Å². The second kappa shape index (κ2) is 30.2. The molecular formula is C35H69N2O7P. The highest BCUT2D eigenvalue weighted by Gasteiger charge is 2.23. The first-order valence-electron chi connectivity index (χ1n) is 18.2. The number of amides is 1. The van der Waals surface area contributed by atoms with E-state index in [0.29, 0.717) is 19.1 Å². The third kappa shape index (κ3) is 30.0. The van der Waals surface area contributed by atoms with Crippen molar-refractivity contribution >= 4 is 25.1 Å². The van der Waals surface area contributed by atoms with E-state index in [9.17, 15) is 23.8 Å². The first-order chi connectivity index (χ1) is 21.6. The molecule has 0 fully saturated rings. The summed E-state index contributed by atoms with van der Waals surface area (Å²) in [5.74, 6) is -1.20. The minimum Gasteiger partial charge on any atom is -0.379 e. The number of hydrogen-bond donors (Lipinski definition) is 3. The molecule has 1 amide bonds. The standard InChI is InChI=1S/C35H69N2O7P/c1-31(2)43-27-23-19-15-11-7-5-6-10-14-18-22-26-36-29-33(38)34(39)30-37-35(40)25-21-17-13-9-8-12-16-20-24-28-44-45(41,42)32(3)4/h31-32,36H,5-30H2,1-4H3,(H,37,40)(H,41,42). The van der Waals surface area contributed by atoms with E-state index < -0.39 is 19.2 Å². The zero-order chi connectivity index (χ0) is 33.6. The summed E-state index contributed by atoms with van der Waals surface area (Å²) in [6, 6.07) is 0. The van der Waals surface area contributed by atoms with Gasteiger partial charge in [-0.25, -0.2) is 0 Å². The Morgan fingerprint density at radius 1 is 0.600 bits per heavy atom. The maximum atomic E-state index is 12.0. The third-order valence-electron chi connectivity index (χ3n) is 7.97. The number of Topliss-reactive ketones (excluding diaryl/α,β-unsaturated/α-hetero) is 2. The number of ketones is 2. The van der Waals surface area contributed by atoms with Gasteiger partial charge in [-0.15, -0.1) is 0 Å². The van der Waals surface area contributed by atoms with Crippen molar-refractivity contribution in [3.63, 3.8) is 0 Å². The lowest BCUT2D eigenvalue weighted by Crippen LogP contribution is -2.37. The summed E-state index contributed by atoms with van der Waals surface area (Å²) in [7, 11) is -3.44. The molecule has 0 radical (unpaired) electrons. The fourth-order valence-electron chi connectivity index (χ4n) is 4.90. The molecule has 0 aliphatic carbocycles. The average molecular weight is 661 g/mol. The van der Waals surface area contributed by atoms with Gasteiger partial charge in [0.05, 0.1) is 31.5 Å². The molecule has 0 heterocycles. The van der Waals surface area contributed by atoms with Crippen molar-refractivity contribution in [2.45, 2.75) is 174 Å². The molecule has 0 rings (SSSR count). The molecule has 9 nitrogen and oxygen atoms in total. The van der Waals surface area contributed by atoms with Crippen molar-refractivity contribution in [1.82, 2.24) is 10.6 Å². The van der Waals surface area contributed by atoms with E-state index in [-0.39, 0.29) is 24.7 Å². The number of nitrogens with one attached hydrogen (secondary N) is 2. The largest absolute Gasteiger partial charge is 0.379 e. The van der Waals surface area contributed by atoms with Gasteiger partial charge in [0.2, 0.25) is 17.5 Å². The lowest BCUT2D eigenvalue weighted by atomic mass is 10.1. The molecule has 0 aromatic heterocycles. The van der Waals surface area contributed by atoms with Crippen LogP contribution in [0.25, 0.3) is 0 Å². The van der Waals surface area contributed by atoms with Crippen LogP contribution in [0.4, 0.5) is 0 Å². The van der Waals surface area contributed by atoms with Gasteiger partial charge in [-0.05, 0) is 46.1 Å². The van der Waals surface area contributed by atoms with E-state index in [4.69, 9.17) is 9.26 Å². The Hall–Kier alpha value is -1.12. The first-order valence-corrected chi connectivity index (χ1v) is 19.8. The van der Waals surface area contributed by atoms with Crippen molar-refractivity contribution in [3.8, 4) is 0 Å². The summed E-state index contributed by atoms with van der Waals surface area (Å²) in [5.41, 5.74) is -0.362. The molecule has 266 valence electrons. The zero-order valence-corrected chi connectivity index (χ0v) is 30.3. The number of rotatable bonds is 34. The Labute approximate surface area is 275 Å². The van der Waals surface area contributed by atoms with Crippen LogP contribution in [-0.2, 0) is 28.2 Å². The second-order valence-corrected chi connectivity index (χ2v) is 15.5. The number of carbonyl (C=O) groups is 3. The molecule has 45 heavy (non-hydrogen) atoms. The molecule has 0 saturated heterocycles. The number of ether oxygens (including phenoxy) is 1. The van der Waals surface area contributed by atoms with Gasteiger partial charge < -0.3 is 24.8 Å². The highest BCUT2D eigenvalue weighted by Crippen LogP contribution is 2.47. The van der Waals surface area contributed by atoms with Crippen molar-refractivity contribution < 1.29 is 33.1 Å². The topological polar surface area (TPSA) is 131 Å². The maximum Gasteiger partial charge on any atom is 0.330 e. The zero-order valence-electron chi connectivity index (χ0n) is 29.4. The summed E-state index contributed by atoms with van der Waals surface area (Å²) in [6.07, 6.45) is 23.4. The van der Waals surface area contributed by atoms with Crippen molar-refractivity contribution in [3.05, 3.63) is 0 Å². The molecule has 0 spiro atoms. The predicted molar refractivity (Wildman–Crippen MR) is 185 cm³/mol. The summed E-state index contributed by atoms with van der Waals surface area (Å²) in [4.78, 5) is 45.7. The number of unbranched alkanes of at least 4 members (excludes halogenated alkanes) is 18. The van der Waals surface area contributed by atoms with Crippen LogP contribution in [0, 0.1) is 0 Å². The van der Waals surface area contributed by atoms with Crippen molar-refractivity contribution in [2.75, 3.05) is 32.8 Å². The normalized spacial score (nSPS) is 13.0. The molecule has 1 atom stereocenters. The molecule has 0 saturated carbocycles. The quantitative estimate of drug-likeness (QED) is 0.0359. The first kappa shape index (κ1) is 43.9. The minimum absolute atomic E-state index is 0.0367. The summed E-state index contributed by atoms with van der Waals surface area (Å²) in [5, 5.41) is 5.65. The van der Waals surface area contributed by atoms with Crippen molar-refractivity contribution in [1.29, 1.82) is 0 Å². The van der Waals surface area contributed by atoms with Gasteiger partial charge >= 0.3 is 7.60 Å². The van der Waals surface area contributed by atoms with Crippen LogP contribution in [-0.4, -0.2) is 67.0 Å². The lowest BCUT2D eigenvalue weighted by molar-refractivity contribution is -0.136. The Kier molecular flexibility index (Phi) is 29.5.